The molecule has 2 heterocycles. The molecule has 4 rings (SSSR count). The lowest BCUT2D eigenvalue weighted by molar-refractivity contribution is -0.0796. The monoisotopic (exact) mass is 495 g/mol. The molecule has 0 radical (unpaired) electrons. The van der Waals surface area contributed by atoms with Crippen molar-refractivity contribution in [2.45, 2.75) is 18.8 Å². The number of carbonyl (C=O) groups excluding carboxylic acids is 2. The van der Waals surface area contributed by atoms with E-state index >= 15 is 0 Å². The van der Waals surface area contributed by atoms with Crippen LogP contribution in [0.5, 0.6) is 11.5 Å². The van der Waals surface area contributed by atoms with Gasteiger partial charge in [-0.3, -0.25) is 0 Å². The normalized spacial score (nSPS) is 13.7. The van der Waals surface area contributed by atoms with Crippen LogP contribution in [0, 0.1) is 0 Å². The van der Waals surface area contributed by atoms with E-state index in [-0.39, 0.29) is 5.92 Å². The van der Waals surface area contributed by atoms with Gasteiger partial charge < -0.3 is 28.4 Å². The number of likely N-dealkylation sites (tertiary alicyclic amines) is 1. The molecule has 2 aromatic carbocycles. The standard InChI is InChI=1S/C26H29N3O7/c1-28(36-26(31)34-4)25(30)29-15-13-19(14-16-29)24-27-22(17-5-9-20(32-2)10-6-17)23(35-24)18-7-11-21(33-3)12-8-18/h5-12,19H,13-16H2,1-4H3. The molecule has 0 aliphatic carbocycles. The fraction of sp³-hybridized carbons (Fsp3) is 0.346. The van der Waals surface area contributed by atoms with E-state index in [1.165, 1.54) is 14.2 Å². The van der Waals surface area contributed by atoms with E-state index in [4.69, 9.17) is 23.7 Å². The Kier molecular flexibility index (Phi) is 7.62. The molecule has 3 aromatic rings. The van der Waals surface area contributed by atoms with Crippen LogP contribution in [-0.4, -0.2) is 68.6 Å². The number of amides is 2. The molecule has 2 amide bonds. The summed E-state index contributed by atoms with van der Waals surface area (Å²) in [5.41, 5.74) is 2.53. The lowest BCUT2D eigenvalue weighted by atomic mass is 9.97. The number of carbonyl (C=O) groups is 2. The van der Waals surface area contributed by atoms with E-state index < -0.39 is 12.2 Å². The summed E-state index contributed by atoms with van der Waals surface area (Å²) in [5, 5.41) is 0.876. The van der Waals surface area contributed by atoms with E-state index in [2.05, 4.69) is 4.74 Å². The molecule has 1 aliphatic heterocycles. The summed E-state index contributed by atoms with van der Waals surface area (Å²) < 4.78 is 21.4. The number of oxazole rings is 1. The molecule has 1 fully saturated rings. The minimum Gasteiger partial charge on any atom is -0.497 e. The van der Waals surface area contributed by atoms with Crippen molar-refractivity contribution in [1.29, 1.82) is 0 Å². The zero-order valence-electron chi connectivity index (χ0n) is 20.7. The largest absolute Gasteiger partial charge is 0.533 e. The van der Waals surface area contributed by atoms with Gasteiger partial charge in [0.2, 0.25) is 0 Å². The van der Waals surface area contributed by atoms with Crippen LogP contribution in [-0.2, 0) is 9.57 Å². The lowest BCUT2D eigenvalue weighted by Crippen LogP contribution is -2.45. The van der Waals surface area contributed by atoms with Gasteiger partial charge in [0, 0.05) is 30.1 Å². The molecular formula is C26H29N3O7. The summed E-state index contributed by atoms with van der Waals surface area (Å²) >= 11 is 0. The average molecular weight is 496 g/mol. The molecule has 1 saturated heterocycles. The van der Waals surface area contributed by atoms with E-state index in [9.17, 15) is 9.59 Å². The van der Waals surface area contributed by atoms with Crippen molar-refractivity contribution in [3.8, 4) is 34.1 Å². The Morgan fingerprint density at radius 2 is 1.47 bits per heavy atom. The molecule has 0 unspecified atom stereocenters. The average Bonchev–Trinajstić information content (AvgIpc) is 3.38. The lowest BCUT2D eigenvalue weighted by Gasteiger charge is -2.32. The maximum Gasteiger partial charge on any atom is 0.533 e. The molecular weight excluding hydrogens is 466 g/mol. The highest BCUT2D eigenvalue weighted by atomic mass is 16.8. The van der Waals surface area contributed by atoms with Gasteiger partial charge >= 0.3 is 12.2 Å². The molecule has 36 heavy (non-hydrogen) atoms. The summed E-state index contributed by atoms with van der Waals surface area (Å²) in [6, 6.07) is 14.9. The van der Waals surface area contributed by atoms with Crippen LogP contribution >= 0.6 is 0 Å². The highest BCUT2D eigenvalue weighted by Crippen LogP contribution is 2.38. The van der Waals surface area contributed by atoms with E-state index in [0.29, 0.717) is 37.6 Å². The Balaban J connectivity index is 1.55. The number of urea groups is 1. The summed E-state index contributed by atoms with van der Waals surface area (Å²) in [4.78, 5) is 35.2. The predicted molar refractivity (Wildman–Crippen MR) is 131 cm³/mol. The van der Waals surface area contributed by atoms with Gasteiger partial charge in [0.05, 0.1) is 28.4 Å². The van der Waals surface area contributed by atoms with Crippen LogP contribution in [0.25, 0.3) is 22.6 Å². The number of benzene rings is 2. The SMILES string of the molecule is COC(=O)ON(C)C(=O)N1CCC(c2nc(-c3ccc(OC)cc3)c(-c3ccc(OC)cc3)o2)CC1. The molecule has 190 valence electrons. The molecule has 0 N–H and O–H groups in total. The third-order valence-corrected chi connectivity index (χ3v) is 6.12. The van der Waals surface area contributed by atoms with Gasteiger partial charge in [-0.25, -0.2) is 14.6 Å². The Morgan fingerprint density at radius 1 is 0.917 bits per heavy atom. The van der Waals surface area contributed by atoms with Gasteiger partial charge in [-0.1, -0.05) is 0 Å². The molecule has 1 aromatic heterocycles. The molecule has 0 spiro atoms. The third-order valence-electron chi connectivity index (χ3n) is 6.12. The van der Waals surface area contributed by atoms with Crippen LogP contribution in [0.15, 0.2) is 52.9 Å². The second kappa shape index (κ2) is 11.0. The molecule has 10 nitrogen and oxygen atoms in total. The minimum absolute atomic E-state index is 0.0323. The van der Waals surface area contributed by atoms with E-state index in [1.54, 1.807) is 19.1 Å². The first-order chi connectivity index (χ1) is 17.4. The Bertz CT molecular complexity index is 1120. The Morgan fingerprint density at radius 3 is 2.00 bits per heavy atom. The predicted octanol–water partition coefficient (Wildman–Crippen LogP) is 4.96. The van der Waals surface area contributed by atoms with Crippen molar-refractivity contribution >= 4 is 12.2 Å². The summed E-state index contributed by atoms with van der Waals surface area (Å²) in [6.07, 6.45) is 0.364. The molecule has 0 bridgehead atoms. The first-order valence-corrected chi connectivity index (χ1v) is 11.5. The van der Waals surface area contributed by atoms with Gasteiger partial charge in [-0.05, 0) is 61.4 Å². The molecule has 1 aliphatic rings. The van der Waals surface area contributed by atoms with Crippen LogP contribution in [0.1, 0.15) is 24.7 Å². The van der Waals surface area contributed by atoms with Crippen LogP contribution in [0.3, 0.4) is 0 Å². The highest BCUT2D eigenvalue weighted by Gasteiger charge is 2.31. The summed E-state index contributed by atoms with van der Waals surface area (Å²) in [6.45, 7) is 0.937. The topological polar surface area (TPSA) is 104 Å². The zero-order valence-corrected chi connectivity index (χ0v) is 20.7. The van der Waals surface area contributed by atoms with E-state index in [1.807, 2.05) is 48.5 Å². The smallest absolute Gasteiger partial charge is 0.497 e. The Labute approximate surface area is 209 Å². The number of hydrogen-bond donors (Lipinski definition) is 0. The van der Waals surface area contributed by atoms with Gasteiger partial charge in [-0.15, -0.1) is 0 Å². The van der Waals surface area contributed by atoms with Crippen molar-refractivity contribution in [2.75, 3.05) is 41.5 Å². The van der Waals surface area contributed by atoms with Crippen molar-refractivity contribution in [3.63, 3.8) is 0 Å². The van der Waals surface area contributed by atoms with Crippen LogP contribution in [0.2, 0.25) is 0 Å². The number of nitrogens with zero attached hydrogens (tertiary/aromatic N) is 3. The van der Waals surface area contributed by atoms with Crippen LogP contribution in [0.4, 0.5) is 9.59 Å². The van der Waals surface area contributed by atoms with Crippen molar-refractivity contribution in [1.82, 2.24) is 14.9 Å². The fourth-order valence-corrected chi connectivity index (χ4v) is 4.10. The number of hydrogen-bond acceptors (Lipinski definition) is 8. The Hall–Kier alpha value is -4.21. The zero-order chi connectivity index (χ0) is 25.7. The number of ether oxygens (including phenoxy) is 3. The van der Waals surface area contributed by atoms with Crippen molar-refractivity contribution in [3.05, 3.63) is 54.4 Å². The van der Waals surface area contributed by atoms with Gasteiger partial charge in [0.25, 0.3) is 0 Å². The van der Waals surface area contributed by atoms with Crippen molar-refractivity contribution in [2.24, 2.45) is 0 Å². The van der Waals surface area contributed by atoms with Gasteiger partial charge in [-0.2, -0.15) is 5.06 Å². The van der Waals surface area contributed by atoms with Gasteiger partial charge in [0.1, 0.15) is 17.2 Å². The number of aromatic nitrogens is 1. The first-order valence-electron chi connectivity index (χ1n) is 11.5. The second-order valence-corrected chi connectivity index (χ2v) is 8.27. The molecule has 0 saturated carbocycles. The first kappa shape index (κ1) is 24.9. The molecule has 10 heteroatoms. The summed E-state index contributed by atoms with van der Waals surface area (Å²) in [7, 11) is 5.81. The number of piperidine rings is 1. The summed E-state index contributed by atoms with van der Waals surface area (Å²) in [5.74, 6) is 2.83. The van der Waals surface area contributed by atoms with Crippen LogP contribution < -0.4 is 9.47 Å². The maximum atomic E-state index is 12.6. The fourth-order valence-electron chi connectivity index (χ4n) is 4.10. The van der Waals surface area contributed by atoms with Crippen molar-refractivity contribution < 1.29 is 33.1 Å². The van der Waals surface area contributed by atoms with E-state index in [0.717, 1.165) is 33.4 Å². The number of rotatable bonds is 5. The van der Waals surface area contributed by atoms with Gasteiger partial charge in [0.15, 0.2) is 11.7 Å². The highest BCUT2D eigenvalue weighted by molar-refractivity contribution is 5.77. The second-order valence-electron chi connectivity index (χ2n) is 8.27. The molecule has 0 atom stereocenters. The number of hydroxylamine groups is 2. The minimum atomic E-state index is -0.947. The maximum absolute atomic E-state index is 12.6. The third kappa shape index (κ3) is 5.37. The number of methoxy groups -OCH3 is 3. The quantitative estimate of drug-likeness (QED) is 0.362.